The molecule has 0 unspecified atom stereocenters. The molecule has 0 atom stereocenters. The van der Waals surface area contributed by atoms with Crippen molar-refractivity contribution in [2.75, 3.05) is 17.1 Å². The Bertz CT molecular complexity index is 1140. The van der Waals surface area contributed by atoms with Crippen LogP contribution in [0, 0.1) is 0 Å². The maximum Gasteiger partial charge on any atom is 0.261 e. The minimum atomic E-state index is -3.77. The number of amides is 1. The van der Waals surface area contributed by atoms with Gasteiger partial charge in [-0.05, 0) is 74.5 Å². The van der Waals surface area contributed by atoms with Crippen LogP contribution in [-0.2, 0) is 10.0 Å². The number of methoxy groups -OCH3 is 1. The van der Waals surface area contributed by atoms with Crippen LogP contribution >= 0.6 is 0 Å². The van der Waals surface area contributed by atoms with Crippen LogP contribution < -0.4 is 19.5 Å². The quantitative estimate of drug-likeness (QED) is 0.537. The lowest BCUT2D eigenvalue weighted by Crippen LogP contribution is -2.16. The molecular formula is C23H24N2O5S. The second-order valence-corrected chi connectivity index (χ2v) is 8.66. The van der Waals surface area contributed by atoms with E-state index in [9.17, 15) is 13.2 Å². The van der Waals surface area contributed by atoms with E-state index in [4.69, 9.17) is 9.47 Å². The van der Waals surface area contributed by atoms with Gasteiger partial charge in [-0.15, -0.1) is 0 Å². The number of carbonyl (C=O) groups excluding carboxylic acids is 1. The molecule has 3 rings (SSSR count). The Balaban J connectivity index is 1.72. The Morgan fingerprint density at radius 2 is 1.48 bits per heavy atom. The van der Waals surface area contributed by atoms with Crippen LogP contribution in [0.1, 0.15) is 24.2 Å². The maximum absolute atomic E-state index is 12.7. The van der Waals surface area contributed by atoms with Gasteiger partial charge in [-0.3, -0.25) is 9.52 Å². The van der Waals surface area contributed by atoms with E-state index in [1.54, 1.807) is 48.5 Å². The first-order valence-electron chi connectivity index (χ1n) is 9.62. The van der Waals surface area contributed by atoms with Gasteiger partial charge >= 0.3 is 0 Å². The zero-order chi connectivity index (χ0) is 22.4. The van der Waals surface area contributed by atoms with Gasteiger partial charge in [0, 0.05) is 11.4 Å². The van der Waals surface area contributed by atoms with E-state index in [1.807, 2.05) is 13.8 Å². The third kappa shape index (κ3) is 5.76. The van der Waals surface area contributed by atoms with E-state index in [0.29, 0.717) is 28.4 Å². The number of anilines is 2. The standard InChI is InChI=1S/C23H24N2O5S/c1-16(2)30-22-7-5-4-6-21(22)23(26)24-17-10-14-20(15-11-17)31(27,28)25-18-8-12-19(29-3)13-9-18/h4-16,25H,1-3H3,(H,24,26). The lowest BCUT2D eigenvalue weighted by atomic mass is 10.1. The van der Waals surface area contributed by atoms with Gasteiger partial charge in [-0.2, -0.15) is 0 Å². The first kappa shape index (κ1) is 22.2. The van der Waals surface area contributed by atoms with Gasteiger partial charge in [-0.25, -0.2) is 8.42 Å². The molecule has 0 aliphatic carbocycles. The zero-order valence-corrected chi connectivity index (χ0v) is 18.3. The summed E-state index contributed by atoms with van der Waals surface area (Å²) in [6.45, 7) is 3.77. The van der Waals surface area contributed by atoms with Gasteiger partial charge in [0.25, 0.3) is 15.9 Å². The highest BCUT2D eigenvalue weighted by Crippen LogP contribution is 2.23. The highest BCUT2D eigenvalue weighted by atomic mass is 32.2. The van der Waals surface area contributed by atoms with Crippen LogP contribution in [0.3, 0.4) is 0 Å². The predicted octanol–water partition coefficient (Wildman–Crippen LogP) is 4.54. The molecule has 0 spiro atoms. The smallest absolute Gasteiger partial charge is 0.261 e. The summed E-state index contributed by atoms with van der Waals surface area (Å²) >= 11 is 0. The highest BCUT2D eigenvalue weighted by Gasteiger charge is 2.16. The molecule has 0 bridgehead atoms. The largest absolute Gasteiger partial charge is 0.497 e. The summed E-state index contributed by atoms with van der Waals surface area (Å²) in [6.07, 6.45) is -0.0726. The monoisotopic (exact) mass is 440 g/mol. The van der Waals surface area contributed by atoms with Crippen LogP contribution in [-0.4, -0.2) is 27.5 Å². The van der Waals surface area contributed by atoms with Crippen molar-refractivity contribution in [3.8, 4) is 11.5 Å². The zero-order valence-electron chi connectivity index (χ0n) is 17.5. The minimum absolute atomic E-state index is 0.0726. The molecule has 0 heterocycles. The molecule has 0 saturated heterocycles. The van der Waals surface area contributed by atoms with E-state index < -0.39 is 10.0 Å². The SMILES string of the molecule is COc1ccc(NS(=O)(=O)c2ccc(NC(=O)c3ccccc3OC(C)C)cc2)cc1. The van der Waals surface area contributed by atoms with Crippen molar-refractivity contribution < 1.29 is 22.7 Å². The van der Waals surface area contributed by atoms with Crippen LogP contribution in [0.25, 0.3) is 0 Å². The third-order valence-electron chi connectivity index (χ3n) is 4.26. The predicted molar refractivity (Wildman–Crippen MR) is 120 cm³/mol. The van der Waals surface area contributed by atoms with Crippen molar-refractivity contribution >= 4 is 27.3 Å². The van der Waals surface area contributed by atoms with Crippen molar-refractivity contribution in [1.82, 2.24) is 0 Å². The summed E-state index contributed by atoms with van der Waals surface area (Å²) < 4.78 is 38.5. The number of ether oxygens (including phenoxy) is 2. The average Bonchev–Trinajstić information content (AvgIpc) is 2.74. The molecule has 0 saturated carbocycles. The van der Waals surface area contributed by atoms with Gasteiger partial charge in [-0.1, -0.05) is 12.1 Å². The molecule has 0 aliphatic rings. The van der Waals surface area contributed by atoms with Crippen molar-refractivity contribution in [2.24, 2.45) is 0 Å². The van der Waals surface area contributed by atoms with Crippen molar-refractivity contribution in [3.05, 3.63) is 78.4 Å². The van der Waals surface area contributed by atoms with Gasteiger partial charge < -0.3 is 14.8 Å². The minimum Gasteiger partial charge on any atom is -0.497 e. The number of nitrogens with one attached hydrogen (secondary N) is 2. The number of hydrogen-bond donors (Lipinski definition) is 2. The lowest BCUT2D eigenvalue weighted by Gasteiger charge is -2.14. The van der Waals surface area contributed by atoms with Gasteiger partial charge in [0.2, 0.25) is 0 Å². The fourth-order valence-corrected chi connectivity index (χ4v) is 3.86. The Morgan fingerprint density at radius 3 is 2.10 bits per heavy atom. The summed E-state index contributed by atoms with van der Waals surface area (Å²) in [5.74, 6) is 0.768. The number of para-hydroxylation sites is 1. The molecule has 0 radical (unpaired) electrons. The van der Waals surface area contributed by atoms with Gasteiger partial charge in [0.1, 0.15) is 11.5 Å². The van der Waals surface area contributed by atoms with Gasteiger partial charge in [0.05, 0.1) is 23.7 Å². The van der Waals surface area contributed by atoms with E-state index in [1.165, 1.54) is 31.4 Å². The molecule has 1 amide bonds. The van der Waals surface area contributed by atoms with E-state index in [0.717, 1.165) is 0 Å². The molecule has 3 aromatic rings. The first-order chi connectivity index (χ1) is 14.8. The number of benzene rings is 3. The third-order valence-corrected chi connectivity index (χ3v) is 5.66. The summed E-state index contributed by atoms with van der Waals surface area (Å²) in [5.41, 5.74) is 1.28. The van der Waals surface area contributed by atoms with Crippen molar-refractivity contribution in [2.45, 2.75) is 24.8 Å². The van der Waals surface area contributed by atoms with Crippen LogP contribution in [0.4, 0.5) is 11.4 Å². The number of carbonyl (C=O) groups is 1. The maximum atomic E-state index is 12.7. The fraction of sp³-hybridized carbons (Fsp3) is 0.174. The Kier molecular flexibility index (Phi) is 6.81. The topological polar surface area (TPSA) is 93.7 Å². The van der Waals surface area contributed by atoms with Crippen LogP contribution in [0.5, 0.6) is 11.5 Å². The molecular weight excluding hydrogens is 416 g/mol. The number of hydrogen-bond acceptors (Lipinski definition) is 5. The summed E-state index contributed by atoms with van der Waals surface area (Å²) in [5, 5.41) is 2.76. The summed E-state index contributed by atoms with van der Waals surface area (Å²) in [6, 6.07) is 19.4. The van der Waals surface area contributed by atoms with Crippen LogP contribution in [0.15, 0.2) is 77.7 Å². The Labute approximate surface area is 182 Å². The Morgan fingerprint density at radius 1 is 0.871 bits per heavy atom. The first-order valence-corrected chi connectivity index (χ1v) is 11.1. The second-order valence-electron chi connectivity index (χ2n) is 6.98. The molecule has 0 aromatic heterocycles. The lowest BCUT2D eigenvalue weighted by molar-refractivity contribution is 0.102. The molecule has 7 nitrogen and oxygen atoms in total. The normalized spacial score (nSPS) is 11.1. The molecule has 8 heteroatoms. The molecule has 31 heavy (non-hydrogen) atoms. The Hall–Kier alpha value is -3.52. The van der Waals surface area contributed by atoms with Crippen molar-refractivity contribution in [3.63, 3.8) is 0 Å². The molecule has 3 aromatic carbocycles. The second kappa shape index (κ2) is 9.53. The summed E-state index contributed by atoms with van der Waals surface area (Å²) in [4.78, 5) is 12.7. The number of rotatable bonds is 8. The molecule has 0 aliphatic heterocycles. The summed E-state index contributed by atoms with van der Waals surface area (Å²) in [7, 11) is -2.24. The fourth-order valence-electron chi connectivity index (χ4n) is 2.80. The molecule has 162 valence electrons. The van der Waals surface area contributed by atoms with Crippen LogP contribution in [0.2, 0.25) is 0 Å². The average molecular weight is 441 g/mol. The van der Waals surface area contributed by atoms with Gasteiger partial charge in [0.15, 0.2) is 0 Å². The highest BCUT2D eigenvalue weighted by molar-refractivity contribution is 7.92. The van der Waals surface area contributed by atoms with Crippen molar-refractivity contribution in [1.29, 1.82) is 0 Å². The molecule has 0 fully saturated rings. The van der Waals surface area contributed by atoms with E-state index in [2.05, 4.69) is 10.0 Å². The van der Waals surface area contributed by atoms with E-state index in [-0.39, 0.29) is 16.9 Å². The molecule has 2 N–H and O–H groups in total. The van der Waals surface area contributed by atoms with E-state index >= 15 is 0 Å². The number of sulfonamides is 1.